The first-order chi connectivity index (χ1) is 15.5. The number of aromatic hydroxyl groups is 1. The van der Waals surface area contributed by atoms with Crippen LogP contribution in [0.15, 0.2) is 23.5 Å². The van der Waals surface area contributed by atoms with Crippen LogP contribution in [0.5, 0.6) is 5.75 Å². The van der Waals surface area contributed by atoms with Gasteiger partial charge < -0.3 is 35.8 Å². The number of Topliss-reactive ketones (excluding diaryl/α,β-unsaturated/α-hetero) is 2. The fourth-order valence-corrected chi connectivity index (χ4v) is 5.20. The van der Waals surface area contributed by atoms with Crippen LogP contribution in [0.2, 0.25) is 0 Å². The number of hydrogen-bond acceptors (Lipinski definition) is 9. The van der Waals surface area contributed by atoms with E-state index in [2.05, 4.69) is 0 Å². The molecule has 3 rings (SSSR count). The van der Waals surface area contributed by atoms with Crippen LogP contribution in [0.3, 0.4) is 0 Å². The predicted molar refractivity (Wildman–Crippen MR) is 116 cm³/mol. The zero-order valence-electron chi connectivity index (χ0n) is 18.9. The lowest BCUT2D eigenvalue weighted by atomic mass is 9.61. The van der Waals surface area contributed by atoms with E-state index in [4.69, 9.17) is 10.5 Å². The van der Waals surface area contributed by atoms with Crippen LogP contribution in [0, 0.1) is 11.8 Å². The fourth-order valence-electron chi connectivity index (χ4n) is 5.20. The minimum absolute atomic E-state index is 0.0168. The number of carbonyl (C=O) groups excluding carboxylic acids is 3. The molecule has 0 fully saturated rings. The van der Waals surface area contributed by atoms with Crippen molar-refractivity contribution in [3.05, 3.63) is 40.2 Å². The zero-order valence-corrected chi connectivity index (χ0v) is 18.9. The van der Waals surface area contributed by atoms with Crippen molar-refractivity contribution in [2.24, 2.45) is 17.6 Å². The highest BCUT2D eigenvalue weighted by Crippen LogP contribution is 2.49. The molecule has 0 saturated heterocycles. The first-order valence-electron chi connectivity index (χ1n) is 10.6. The van der Waals surface area contributed by atoms with Crippen LogP contribution in [-0.4, -0.2) is 82.3 Å². The van der Waals surface area contributed by atoms with Gasteiger partial charge in [-0.1, -0.05) is 6.07 Å². The summed E-state index contributed by atoms with van der Waals surface area (Å²) in [5.74, 6) is -5.53. The van der Waals surface area contributed by atoms with Gasteiger partial charge in [-0.15, -0.1) is 0 Å². The van der Waals surface area contributed by atoms with E-state index in [0.717, 1.165) is 0 Å². The van der Waals surface area contributed by atoms with Crippen molar-refractivity contribution in [3.8, 4) is 5.75 Å². The predicted octanol–water partition coefficient (Wildman–Crippen LogP) is -0.176. The summed E-state index contributed by atoms with van der Waals surface area (Å²) < 4.78 is 5.21. The quantitative estimate of drug-likeness (QED) is 0.329. The number of methoxy groups -OCH3 is 1. The fraction of sp³-hybridized carbons (Fsp3) is 0.522. The normalized spacial score (nSPS) is 25.6. The van der Waals surface area contributed by atoms with Crippen LogP contribution >= 0.6 is 0 Å². The van der Waals surface area contributed by atoms with Gasteiger partial charge in [0, 0.05) is 24.6 Å². The molecule has 1 aromatic rings. The summed E-state index contributed by atoms with van der Waals surface area (Å²) in [7, 11) is 4.80. The summed E-state index contributed by atoms with van der Waals surface area (Å²) in [6.07, 6.45) is -0.540. The number of allylic oxidation sites excluding steroid dienone is 1. The molecule has 0 aliphatic heterocycles. The lowest BCUT2D eigenvalue weighted by Crippen LogP contribution is -2.60. The number of phenolic OH excluding ortho intramolecular Hbond substituents is 1. The second kappa shape index (κ2) is 9.22. The Balaban J connectivity index is 2.24. The van der Waals surface area contributed by atoms with E-state index in [1.165, 1.54) is 13.2 Å². The van der Waals surface area contributed by atoms with Gasteiger partial charge >= 0.3 is 0 Å². The molecule has 2 aliphatic rings. The molecule has 1 aromatic carbocycles. The number of likely N-dealkylation sites (N-methyl/N-ethyl adjacent to an activating group) is 1. The molecule has 0 heterocycles. The molecule has 4 atom stereocenters. The van der Waals surface area contributed by atoms with Gasteiger partial charge in [-0.3, -0.25) is 14.4 Å². The molecular weight excluding hydrogens is 432 g/mol. The van der Waals surface area contributed by atoms with Gasteiger partial charge in [0.1, 0.15) is 11.5 Å². The average Bonchev–Trinajstić information content (AvgIpc) is 2.73. The summed E-state index contributed by atoms with van der Waals surface area (Å²) in [5, 5.41) is 43.2. The van der Waals surface area contributed by atoms with E-state index in [1.807, 2.05) is 0 Å². The number of aliphatic hydroxyl groups is 3. The average molecular weight is 462 g/mol. The number of phenols is 1. The van der Waals surface area contributed by atoms with Gasteiger partial charge in [0.25, 0.3) is 0 Å². The number of amides is 1. The second-order valence-corrected chi connectivity index (χ2v) is 8.91. The summed E-state index contributed by atoms with van der Waals surface area (Å²) >= 11 is 0. The summed E-state index contributed by atoms with van der Waals surface area (Å²) in [6, 6.07) is 2.24. The molecule has 0 bridgehead atoms. The number of ether oxygens (including phenoxy) is 1. The molecule has 10 heteroatoms. The molecule has 6 N–H and O–H groups in total. The molecule has 0 saturated carbocycles. The van der Waals surface area contributed by atoms with Gasteiger partial charge in [0.15, 0.2) is 17.2 Å². The molecule has 2 aliphatic carbocycles. The minimum atomic E-state index is -2.61. The number of rotatable bonds is 8. The van der Waals surface area contributed by atoms with E-state index in [9.17, 15) is 34.8 Å². The molecule has 1 amide bonds. The number of fused-ring (bicyclic) bond motifs is 2. The Labute approximate surface area is 191 Å². The van der Waals surface area contributed by atoms with E-state index >= 15 is 0 Å². The molecule has 0 spiro atoms. The third kappa shape index (κ3) is 4.04. The lowest BCUT2D eigenvalue weighted by Gasteiger charge is -2.47. The topological polar surface area (TPSA) is 171 Å². The number of primary amides is 1. The zero-order chi connectivity index (χ0) is 24.7. The van der Waals surface area contributed by atoms with E-state index in [1.54, 1.807) is 25.1 Å². The molecule has 0 radical (unpaired) electrons. The first kappa shape index (κ1) is 24.8. The van der Waals surface area contributed by atoms with E-state index in [-0.39, 0.29) is 36.3 Å². The van der Waals surface area contributed by atoms with Gasteiger partial charge in [0.05, 0.1) is 25.2 Å². The van der Waals surface area contributed by atoms with Crippen LogP contribution in [0.1, 0.15) is 34.3 Å². The Morgan fingerprint density at radius 1 is 1.30 bits per heavy atom. The largest absolute Gasteiger partial charge is 0.508 e. The van der Waals surface area contributed by atoms with Crippen molar-refractivity contribution in [3.63, 3.8) is 0 Å². The number of nitrogens with two attached hydrogens (primary N) is 1. The SMILES string of the molecule is COCc1ccc(O)c2c1C[C@H]1C[C@@H]([C@@H](CO)N(C)C)[C@@](O)(C(=O)CC(N)=O)C(O)=C1C2=O. The smallest absolute Gasteiger partial charge is 0.225 e. The molecule has 0 unspecified atom stereocenters. The van der Waals surface area contributed by atoms with Crippen molar-refractivity contribution in [2.75, 3.05) is 27.8 Å². The summed E-state index contributed by atoms with van der Waals surface area (Å²) in [6.45, 7) is -0.242. The Morgan fingerprint density at radius 3 is 2.52 bits per heavy atom. The Bertz CT molecular complexity index is 1020. The number of nitrogens with zero attached hydrogens (tertiary/aromatic N) is 1. The molecule has 33 heavy (non-hydrogen) atoms. The van der Waals surface area contributed by atoms with E-state index < -0.39 is 59.7 Å². The number of ketones is 2. The van der Waals surface area contributed by atoms with Crippen molar-refractivity contribution < 1.29 is 39.5 Å². The third-order valence-corrected chi connectivity index (χ3v) is 6.78. The van der Waals surface area contributed by atoms with Crippen LogP contribution < -0.4 is 5.73 Å². The molecule has 0 aromatic heterocycles. The Kier molecular flexibility index (Phi) is 6.94. The van der Waals surface area contributed by atoms with Gasteiger partial charge in [-0.05, 0) is 50.0 Å². The summed E-state index contributed by atoms with van der Waals surface area (Å²) in [4.78, 5) is 39.5. The van der Waals surface area contributed by atoms with E-state index in [0.29, 0.717) is 11.1 Å². The number of carbonyl (C=O) groups is 3. The molecule has 10 nitrogen and oxygen atoms in total. The van der Waals surface area contributed by atoms with Gasteiger partial charge in [0.2, 0.25) is 5.91 Å². The standard InChI is InChI=1S/C23H30N2O8/c1-25(2)15(9-26)14-7-12-6-13-11(10-33-3)4-5-16(27)20(13)21(30)19(12)22(31)23(14,32)17(28)8-18(24)29/h4-5,12,14-15,26-27,31-32H,6-10H2,1-3H3,(H2,24,29)/t12-,14-,15+,23+/m0/s1. The highest BCUT2D eigenvalue weighted by Gasteiger charge is 2.58. The highest BCUT2D eigenvalue weighted by atomic mass is 16.5. The number of hydrogen-bond donors (Lipinski definition) is 5. The van der Waals surface area contributed by atoms with Crippen molar-refractivity contribution >= 4 is 17.5 Å². The van der Waals surface area contributed by atoms with Gasteiger partial charge in [-0.25, -0.2) is 0 Å². The highest BCUT2D eigenvalue weighted by molar-refractivity contribution is 6.15. The third-order valence-electron chi connectivity index (χ3n) is 6.78. The second-order valence-electron chi connectivity index (χ2n) is 8.91. The van der Waals surface area contributed by atoms with Crippen molar-refractivity contribution in [1.82, 2.24) is 4.90 Å². The maximum Gasteiger partial charge on any atom is 0.225 e. The summed E-state index contributed by atoms with van der Waals surface area (Å²) in [5.41, 5.74) is 3.63. The monoisotopic (exact) mass is 462 g/mol. The van der Waals surface area contributed by atoms with Gasteiger partial charge in [-0.2, -0.15) is 0 Å². The van der Waals surface area contributed by atoms with Crippen molar-refractivity contribution in [1.29, 1.82) is 0 Å². The number of aliphatic hydroxyl groups excluding tert-OH is 2. The minimum Gasteiger partial charge on any atom is -0.508 e. The van der Waals surface area contributed by atoms with Crippen molar-refractivity contribution in [2.45, 2.75) is 37.5 Å². The Hall–Kier alpha value is -2.79. The maximum absolute atomic E-state index is 13.5. The van der Waals surface area contributed by atoms with Crippen LogP contribution in [-0.2, 0) is 27.4 Å². The maximum atomic E-state index is 13.5. The molecule has 180 valence electrons. The number of benzene rings is 1. The van der Waals surface area contributed by atoms with Crippen LogP contribution in [0.4, 0.5) is 0 Å². The van der Waals surface area contributed by atoms with Crippen LogP contribution in [0.25, 0.3) is 0 Å². The first-order valence-corrected chi connectivity index (χ1v) is 10.6. The molecular formula is C23H30N2O8. The lowest BCUT2D eigenvalue weighted by molar-refractivity contribution is -0.151. The Morgan fingerprint density at radius 2 is 1.97 bits per heavy atom.